The summed E-state index contributed by atoms with van der Waals surface area (Å²) in [6, 6.07) is 12.7. The Morgan fingerprint density at radius 3 is 2.77 bits per heavy atom. The molecule has 2 aromatic rings. The lowest BCUT2D eigenvalue weighted by Crippen LogP contribution is -2.20. The highest BCUT2D eigenvalue weighted by atomic mass is 16.6. The van der Waals surface area contributed by atoms with E-state index in [-0.39, 0.29) is 5.91 Å². The molecule has 3 rings (SSSR count). The number of carbonyl (C=O) groups excluding carboxylic acids is 1. The summed E-state index contributed by atoms with van der Waals surface area (Å²) >= 11 is 0. The van der Waals surface area contributed by atoms with Crippen molar-refractivity contribution < 1.29 is 19.0 Å². The molecule has 0 saturated carbocycles. The molecule has 1 aliphatic heterocycles. The van der Waals surface area contributed by atoms with Crippen molar-refractivity contribution in [3.63, 3.8) is 0 Å². The zero-order chi connectivity index (χ0) is 18.4. The molecule has 132 valence electrons. The SMILES string of the molecule is COc1cc(/C=C/C(=O)NCc2ccc(C#N)cc2)cc2c1OCCO2. The van der Waals surface area contributed by atoms with Gasteiger partial charge in [-0.25, -0.2) is 0 Å². The highest BCUT2D eigenvalue weighted by Gasteiger charge is 2.17. The zero-order valence-corrected chi connectivity index (χ0v) is 14.3. The standard InChI is InChI=1S/C20H18N2O4/c1-24-17-10-16(11-18-20(17)26-9-8-25-18)6-7-19(23)22-13-15-4-2-14(12-21)3-5-15/h2-7,10-11H,8-9,13H2,1H3,(H,22,23)/b7-6+. The number of hydrogen-bond donors (Lipinski definition) is 1. The van der Waals surface area contributed by atoms with E-state index in [0.29, 0.717) is 42.6 Å². The van der Waals surface area contributed by atoms with Crippen LogP contribution in [0.3, 0.4) is 0 Å². The van der Waals surface area contributed by atoms with Crippen LogP contribution < -0.4 is 19.5 Å². The number of nitrogens with zero attached hydrogens (tertiary/aromatic N) is 1. The quantitative estimate of drug-likeness (QED) is 0.839. The molecule has 0 aliphatic carbocycles. The van der Waals surface area contributed by atoms with E-state index in [0.717, 1.165) is 11.1 Å². The van der Waals surface area contributed by atoms with Crippen molar-refractivity contribution >= 4 is 12.0 Å². The Morgan fingerprint density at radius 1 is 1.27 bits per heavy atom. The molecule has 1 aliphatic rings. The first kappa shape index (κ1) is 17.4. The number of amides is 1. The number of carbonyl (C=O) groups is 1. The van der Waals surface area contributed by atoms with Gasteiger partial charge in [-0.05, 0) is 41.5 Å². The van der Waals surface area contributed by atoms with Crippen LogP contribution in [0.5, 0.6) is 17.2 Å². The maximum Gasteiger partial charge on any atom is 0.244 e. The molecule has 1 amide bonds. The van der Waals surface area contributed by atoms with Crippen molar-refractivity contribution in [1.29, 1.82) is 5.26 Å². The summed E-state index contributed by atoms with van der Waals surface area (Å²) in [6.45, 7) is 1.35. The zero-order valence-electron chi connectivity index (χ0n) is 14.3. The molecule has 26 heavy (non-hydrogen) atoms. The molecule has 0 radical (unpaired) electrons. The molecule has 0 bridgehead atoms. The smallest absolute Gasteiger partial charge is 0.244 e. The third-order valence-corrected chi connectivity index (χ3v) is 3.83. The minimum Gasteiger partial charge on any atom is -0.493 e. The second kappa shape index (κ2) is 8.08. The molecule has 6 heteroatoms. The molecule has 0 fully saturated rings. The Bertz CT molecular complexity index is 849. The summed E-state index contributed by atoms with van der Waals surface area (Å²) in [5.74, 6) is 1.54. The number of nitrogens with one attached hydrogen (secondary N) is 1. The lowest BCUT2D eigenvalue weighted by atomic mass is 10.1. The molecule has 0 atom stereocenters. The number of fused-ring (bicyclic) bond motifs is 1. The number of ether oxygens (including phenoxy) is 3. The monoisotopic (exact) mass is 350 g/mol. The van der Waals surface area contributed by atoms with E-state index < -0.39 is 0 Å². The number of benzene rings is 2. The van der Waals surface area contributed by atoms with Gasteiger partial charge in [0.25, 0.3) is 0 Å². The molecule has 6 nitrogen and oxygen atoms in total. The van der Waals surface area contributed by atoms with E-state index in [1.54, 1.807) is 37.5 Å². The fourth-order valence-electron chi connectivity index (χ4n) is 2.51. The van der Waals surface area contributed by atoms with Crippen LogP contribution in [0, 0.1) is 11.3 Å². The van der Waals surface area contributed by atoms with Gasteiger partial charge in [-0.15, -0.1) is 0 Å². The van der Waals surface area contributed by atoms with Crippen LogP contribution in [0.2, 0.25) is 0 Å². The summed E-state index contributed by atoms with van der Waals surface area (Å²) in [7, 11) is 1.56. The minimum atomic E-state index is -0.219. The average molecular weight is 350 g/mol. The molecule has 0 unspecified atom stereocenters. The summed E-state index contributed by atoms with van der Waals surface area (Å²) in [5.41, 5.74) is 2.29. The van der Waals surface area contributed by atoms with Crippen LogP contribution in [-0.4, -0.2) is 26.2 Å². The summed E-state index contributed by atoms with van der Waals surface area (Å²) < 4.78 is 16.5. The van der Waals surface area contributed by atoms with Crippen molar-refractivity contribution in [2.24, 2.45) is 0 Å². The van der Waals surface area contributed by atoms with Crippen LogP contribution in [0.1, 0.15) is 16.7 Å². The molecule has 0 spiro atoms. The van der Waals surface area contributed by atoms with Crippen molar-refractivity contribution in [3.8, 4) is 23.3 Å². The minimum absolute atomic E-state index is 0.219. The Labute approximate surface area is 151 Å². The van der Waals surface area contributed by atoms with Gasteiger partial charge in [-0.1, -0.05) is 12.1 Å². The summed E-state index contributed by atoms with van der Waals surface area (Å²) in [5, 5.41) is 11.6. The first-order valence-corrected chi connectivity index (χ1v) is 8.12. The molecular formula is C20H18N2O4. The molecule has 2 aromatic carbocycles. The van der Waals surface area contributed by atoms with Gasteiger partial charge in [-0.3, -0.25) is 4.79 Å². The van der Waals surface area contributed by atoms with Gasteiger partial charge in [0.2, 0.25) is 11.7 Å². The summed E-state index contributed by atoms with van der Waals surface area (Å²) in [6.07, 6.45) is 3.14. The lowest BCUT2D eigenvalue weighted by Gasteiger charge is -2.20. The summed E-state index contributed by atoms with van der Waals surface area (Å²) in [4.78, 5) is 12.0. The topological polar surface area (TPSA) is 80.6 Å². The molecule has 0 saturated heterocycles. The molecule has 0 aromatic heterocycles. The third-order valence-electron chi connectivity index (χ3n) is 3.83. The lowest BCUT2D eigenvalue weighted by molar-refractivity contribution is -0.116. The van der Waals surface area contributed by atoms with Crippen molar-refractivity contribution in [1.82, 2.24) is 5.32 Å². The van der Waals surface area contributed by atoms with E-state index in [2.05, 4.69) is 11.4 Å². The maximum atomic E-state index is 12.0. The molecular weight excluding hydrogens is 332 g/mol. The van der Waals surface area contributed by atoms with Gasteiger partial charge in [0.05, 0.1) is 18.7 Å². The van der Waals surface area contributed by atoms with Crippen LogP contribution in [-0.2, 0) is 11.3 Å². The van der Waals surface area contributed by atoms with Gasteiger partial charge >= 0.3 is 0 Å². The number of methoxy groups -OCH3 is 1. The van der Waals surface area contributed by atoms with E-state index >= 15 is 0 Å². The van der Waals surface area contributed by atoms with Crippen molar-refractivity contribution in [2.75, 3.05) is 20.3 Å². The second-order valence-electron chi connectivity index (χ2n) is 5.61. The van der Waals surface area contributed by atoms with Crippen LogP contribution in [0.4, 0.5) is 0 Å². The van der Waals surface area contributed by atoms with Crippen molar-refractivity contribution in [2.45, 2.75) is 6.54 Å². The van der Waals surface area contributed by atoms with Gasteiger partial charge in [0, 0.05) is 12.6 Å². The molecule has 1 heterocycles. The average Bonchev–Trinajstić information content (AvgIpc) is 2.70. The fourth-order valence-corrected chi connectivity index (χ4v) is 2.51. The van der Waals surface area contributed by atoms with E-state index in [9.17, 15) is 4.79 Å². The predicted octanol–water partition coefficient (Wildman–Crippen LogP) is 2.67. The van der Waals surface area contributed by atoms with Crippen molar-refractivity contribution in [3.05, 3.63) is 59.2 Å². The number of nitriles is 1. The Morgan fingerprint density at radius 2 is 2.04 bits per heavy atom. The predicted molar refractivity (Wildman–Crippen MR) is 96.0 cm³/mol. The molecule has 1 N–H and O–H groups in total. The van der Waals surface area contributed by atoms with Crippen LogP contribution >= 0.6 is 0 Å². The van der Waals surface area contributed by atoms with E-state index in [1.165, 1.54) is 6.08 Å². The third kappa shape index (κ3) is 4.14. The maximum absolute atomic E-state index is 12.0. The number of rotatable bonds is 5. The van der Waals surface area contributed by atoms with Gasteiger partial charge in [-0.2, -0.15) is 5.26 Å². The Balaban J connectivity index is 1.63. The highest BCUT2D eigenvalue weighted by Crippen LogP contribution is 2.40. The van der Waals surface area contributed by atoms with Crippen LogP contribution in [0.15, 0.2) is 42.5 Å². The normalized spacial score (nSPS) is 12.5. The van der Waals surface area contributed by atoms with Gasteiger partial charge in [0.15, 0.2) is 11.5 Å². The van der Waals surface area contributed by atoms with E-state index in [1.807, 2.05) is 12.1 Å². The Hall–Kier alpha value is -3.46. The van der Waals surface area contributed by atoms with E-state index in [4.69, 9.17) is 19.5 Å². The first-order chi connectivity index (χ1) is 12.7. The number of hydrogen-bond acceptors (Lipinski definition) is 5. The van der Waals surface area contributed by atoms with Gasteiger partial charge in [0.1, 0.15) is 13.2 Å². The van der Waals surface area contributed by atoms with Crippen LogP contribution in [0.25, 0.3) is 6.08 Å². The fraction of sp³-hybridized carbons (Fsp3) is 0.200. The van der Waals surface area contributed by atoms with Gasteiger partial charge < -0.3 is 19.5 Å². The highest BCUT2D eigenvalue weighted by molar-refractivity contribution is 5.91. The second-order valence-corrected chi connectivity index (χ2v) is 5.61. The first-order valence-electron chi connectivity index (χ1n) is 8.12. The Kier molecular flexibility index (Phi) is 5.40. The largest absolute Gasteiger partial charge is 0.493 e.